The zero-order valence-corrected chi connectivity index (χ0v) is 15.8. The maximum Gasteiger partial charge on any atom is 0.256 e. The number of rotatable bonds is 5. The second kappa shape index (κ2) is 8.75. The van der Waals surface area contributed by atoms with Crippen molar-refractivity contribution in [3.8, 4) is 0 Å². The fourth-order valence-corrected chi connectivity index (χ4v) is 3.33. The van der Waals surface area contributed by atoms with Crippen molar-refractivity contribution in [2.45, 2.75) is 4.90 Å². The number of para-hydroxylation sites is 1. The molecule has 2 nitrogen and oxygen atoms in total. The largest absolute Gasteiger partial charge is 0.321 e. The first kappa shape index (κ1) is 18.3. The van der Waals surface area contributed by atoms with Crippen molar-refractivity contribution >= 4 is 46.6 Å². The highest BCUT2D eigenvalue weighted by atomic mass is 35.5. The summed E-state index contributed by atoms with van der Waals surface area (Å²) in [5.74, 6) is -0.169. The van der Waals surface area contributed by atoms with Crippen molar-refractivity contribution in [1.29, 1.82) is 0 Å². The molecule has 0 spiro atoms. The van der Waals surface area contributed by atoms with Crippen LogP contribution < -0.4 is 5.32 Å². The highest BCUT2D eigenvalue weighted by Crippen LogP contribution is 2.28. The summed E-state index contributed by atoms with van der Waals surface area (Å²) in [5.41, 5.74) is 3.01. The molecule has 0 radical (unpaired) electrons. The molecule has 3 aromatic carbocycles. The summed E-state index contributed by atoms with van der Waals surface area (Å²) >= 11 is 7.88. The highest BCUT2D eigenvalue weighted by Gasteiger charge is 2.14. The molecule has 0 heterocycles. The number of anilines is 1. The predicted molar refractivity (Wildman–Crippen MR) is 113 cm³/mol. The van der Waals surface area contributed by atoms with Crippen molar-refractivity contribution in [2.75, 3.05) is 11.6 Å². The van der Waals surface area contributed by atoms with Crippen molar-refractivity contribution in [1.82, 2.24) is 0 Å². The molecule has 0 unspecified atom stereocenters. The van der Waals surface area contributed by atoms with Gasteiger partial charge in [0.15, 0.2) is 0 Å². The molecule has 0 aliphatic rings. The smallest absolute Gasteiger partial charge is 0.256 e. The first-order valence-electron chi connectivity index (χ1n) is 8.15. The monoisotopic (exact) mass is 379 g/mol. The molecule has 0 aromatic heterocycles. The van der Waals surface area contributed by atoms with E-state index in [1.165, 1.54) is 0 Å². The second-order valence-corrected chi connectivity index (χ2v) is 6.86. The Morgan fingerprint density at radius 1 is 0.923 bits per heavy atom. The number of hydrogen-bond acceptors (Lipinski definition) is 2. The Labute approximate surface area is 162 Å². The van der Waals surface area contributed by atoms with E-state index in [0.717, 1.165) is 21.7 Å². The van der Waals surface area contributed by atoms with Crippen LogP contribution in [0.5, 0.6) is 0 Å². The molecule has 1 amide bonds. The van der Waals surface area contributed by atoms with Crippen LogP contribution in [-0.2, 0) is 4.79 Å². The van der Waals surface area contributed by atoms with Crippen LogP contribution in [0.3, 0.4) is 0 Å². The lowest BCUT2D eigenvalue weighted by molar-refractivity contribution is -0.111. The van der Waals surface area contributed by atoms with Gasteiger partial charge >= 0.3 is 0 Å². The molecular formula is C22H18ClNOS. The third-order valence-corrected chi connectivity index (χ3v) is 5.03. The number of thioether (sulfide) groups is 1. The van der Waals surface area contributed by atoms with Gasteiger partial charge in [0, 0.05) is 15.5 Å². The van der Waals surface area contributed by atoms with Crippen LogP contribution in [0, 0.1) is 0 Å². The van der Waals surface area contributed by atoms with E-state index in [0.29, 0.717) is 10.6 Å². The summed E-state index contributed by atoms with van der Waals surface area (Å²) in [6.07, 6.45) is 3.82. The van der Waals surface area contributed by atoms with E-state index < -0.39 is 0 Å². The van der Waals surface area contributed by atoms with E-state index in [1.807, 2.05) is 91.2 Å². The van der Waals surface area contributed by atoms with Gasteiger partial charge in [-0.15, -0.1) is 11.8 Å². The minimum absolute atomic E-state index is 0.169. The third kappa shape index (κ3) is 4.37. The molecule has 3 aromatic rings. The molecule has 0 saturated carbocycles. The van der Waals surface area contributed by atoms with Crippen LogP contribution >= 0.6 is 23.4 Å². The minimum atomic E-state index is -0.169. The van der Waals surface area contributed by atoms with E-state index in [4.69, 9.17) is 11.6 Å². The van der Waals surface area contributed by atoms with Crippen LogP contribution in [0.15, 0.2) is 83.8 Å². The Balaban J connectivity index is 2.01. The first-order valence-corrected chi connectivity index (χ1v) is 9.75. The lowest BCUT2D eigenvalue weighted by Gasteiger charge is -2.12. The predicted octanol–water partition coefficient (Wildman–Crippen LogP) is 6.24. The molecule has 0 fully saturated rings. The number of carbonyl (C=O) groups excluding carboxylic acids is 1. The molecule has 26 heavy (non-hydrogen) atoms. The van der Waals surface area contributed by atoms with E-state index in [2.05, 4.69) is 5.32 Å². The molecule has 0 aliphatic carbocycles. The molecular weight excluding hydrogens is 362 g/mol. The fraction of sp³-hybridized carbons (Fsp3) is 0.0455. The number of amides is 1. The molecule has 4 heteroatoms. The van der Waals surface area contributed by atoms with Gasteiger partial charge in [-0.1, -0.05) is 72.3 Å². The first-order chi connectivity index (χ1) is 12.7. The Kier molecular flexibility index (Phi) is 6.16. The Hall–Kier alpha value is -2.49. The van der Waals surface area contributed by atoms with Crippen LogP contribution in [0.4, 0.5) is 5.69 Å². The van der Waals surface area contributed by atoms with Gasteiger partial charge in [-0.05, 0) is 41.7 Å². The van der Waals surface area contributed by atoms with Crippen molar-refractivity contribution in [2.24, 2.45) is 0 Å². The van der Waals surface area contributed by atoms with Crippen LogP contribution in [0.25, 0.3) is 11.6 Å². The van der Waals surface area contributed by atoms with Gasteiger partial charge in [0.05, 0.1) is 5.69 Å². The molecule has 130 valence electrons. The maximum absolute atomic E-state index is 13.1. The van der Waals surface area contributed by atoms with E-state index in [-0.39, 0.29) is 5.91 Å². The topological polar surface area (TPSA) is 29.1 Å². The normalized spacial score (nSPS) is 11.2. The van der Waals surface area contributed by atoms with Gasteiger partial charge in [0.2, 0.25) is 0 Å². The van der Waals surface area contributed by atoms with Crippen LogP contribution in [-0.4, -0.2) is 12.2 Å². The van der Waals surface area contributed by atoms with Gasteiger partial charge in [0.25, 0.3) is 5.91 Å². The summed E-state index contributed by atoms with van der Waals surface area (Å²) < 4.78 is 0. The van der Waals surface area contributed by atoms with Gasteiger partial charge in [0.1, 0.15) is 0 Å². The second-order valence-electron chi connectivity index (χ2n) is 5.60. The summed E-state index contributed by atoms with van der Waals surface area (Å²) in [6.45, 7) is 0. The fourth-order valence-electron chi connectivity index (χ4n) is 2.58. The number of halogens is 1. The highest BCUT2D eigenvalue weighted by molar-refractivity contribution is 7.98. The Morgan fingerprint density at radius 2 is 1.58 bits per heavy atom. The van der Waals surface area contributed by atoms with Gasteiger partial charge in [-0.2, -0.15) is 0 Å². The number of benzene rings is 3. The number of carbonyl (C=O) groups is 1. The molecule has 3 rings (SSSR count). The lowest BCUT2D eigenvalue weighted by atomic mass is 10.0. The summed E-state index contributed by atoms with van der Waals surface area (Å²) in [4.78, 5) is 14.1. The lowest BCUT2D eigenvalue weighted by Crippen LogP contribution is -2.14. The average Bonchev–Trinajstić information content (AvgIpc) is 2.68. The van der Waals surface area contributed by atoms with Crippen molar-refractivity contribution in [3.63, 3.8) is 0 Å². The summed E-state index contributed by atoms with van der Waals surface area (Å²) in [7, 11) is 0. The minimum Gasteiger partial charge on any atom is -0.321 e. The molecule has 0 atom stereocenters. The molecule has 0 bridgehead atoms. The van der Waals surface area contributed by atoms with E-state index in [1.54, 1.807) is 11.8 Å². The van der Waals surface area contributed by atoms with Gasteiger partial charge in [-0.3, -0.25) is 4.79 Å². The van der Waals surface area contributed by atoms with Crippen molar-refractivity contribution < 1.29 is 4.79 Å². The van der Waals surface area contributed by atoms with Crippen LogP contribution in [0.1, 0.15) is 11.1 Å². The van der Waals surface area contributed by atoms with Gasteiger partial charge < -0.3 is 5.32 Å². The summed E-state index contributed by atoms with van der Waals surface area (Å²) in [5, 5.41) is 3.64. The van der Waals surface area contributed by atoms with E-state index >= 15 is 0 Å². The zero-order valence-electron chi connectivity index (χ0n) is 14.3. The standard InChI is InChI=1S/C22H18ClNOS/c1-26-21-14-8-7-13-20(21)24-22(25)18(16-9-3-2-4-10-16)15-17-11-5-6-12-19(17)23/h2-15H,1H3,(H,24,25)/b18-15+. The Bertz CT molecular complexity index is 938. The van der Waals surface area contributed by atoms with Gasteiger partial charge in [-0.25, -0.2) is 0 Å². The zero-order chi connectivity index (χ0) is 18.4. The quantitative estimate of drug-likeness (QED) is 0.323. The maximum atomic E-state index is 13.1. The molecule has 1 N–H and O–H groups in total. The number of nitrogens with one attached hydrogen (secondary N) is 1. The van der Waals surface area contributed by atoms with Crippen molar-refractivity contribution in [3.05, 3.63) is 95.0 Å². The number of hydrogen-bond donors (Lipinski definition) is 1. The molecule has 0 saturated heterocycles. The van der Waals surface area contributed by atoms with Crippen LogP contribution in [0.2, 0.25) is 5.02 Å². The average molecular weight is 380 g/mol. The van der Waals surface area contributed by atoms with E-state index in [9.17, 15) is 4.79 Å². The SMILES string of the molecule is CSc1ccccc1NC(=O)/C(=C/c1ccccc1Cl)c1ccccc1. The third-order valence-electron chi connectivity index (χ3n) is 3.89. The molecule has 0 aliphatic heterocycles. The summed E-state index contributed by atoms with van der Waals surface area (Å²) in [6, 6.07) is 24.8. The Morgan fingerprint density at radius 3 is 2.31 bits per heavy atom.